The van der Waals surface area contributed by atoms with Gasteiger partial charge in [0.1, 0.15) is 23.9 Å². The number of fused-ring (bicyclic) bond motifs is 3. The fraction of sp³-hybridized carbons (Fsp3) is 0.400. The molecule has 0 aliphatic carbocycles. The van der Waals surface area contributed by atoms with E-state index in [1.165, 1.54) is 6.07 Å². The first-order valence-corrected chi connectivity index (χ1v) is 15.5. The molecular weight excluding hydrogens is 598 g/mol. The Morgan fingerprint density at radius 1 is 0.891 bits per heavy atom. The van der Waals surface area contributed by atoms with E-state index < -0.39 is 11.7 Å². The van der Waals surface area contributed by atoms with Gasteiger partial charge in [-0.15, -0.1) is 0 Å². The molecule has 4 aromatic rings. The van der Waals surface area contributed by atoms with Crippen molar-refractivity contribution in [3.05, 3.63) is 71.4 Å². The number of nitrogens with zero attached hydrogens (tertiary/aromatic N) is 6. The standard InChI is InChI=1S/C25H21F3N6O.C3H9B3O3.C2H6/c1-15-31-21-5-4-17(25(26,27)28)12-19(21)23(32-15)33-8-6-20-16(14-33)11-18(13-30-20)34-9-10-35-24-22(34)3-2-7-29-24;1-4-7-5(2)9-6(3)8-4;1-2/h2-5,7,11-13H,6,8-10,14H2,1H3;1-3H3;1-2H3. The van der Waals surface area contributed by atoms with Gasteiger partial charge in [0.25, 0.3) is 0 Å². The topological polar surface area (TPSA) is 95.0 Å². The van der Waals surface area contributed by atoms with Crippen LogP contribution in [0.3, 0.4) is 0 Å². The Kier molecular flexibility index (Phi) is 10.4. The molecule has 7 rings (SSSR count). The maximum atomic E-state index is 13.4. The number of halogens is 3. The third kappa shape index (κ3) is 7.56. The summed E-state index contributed by atoms with van der Waals surface area (Å²) in [7, 11) is -0.406. The molecule has 6 heterocycles. The van der Waals surface area contributed by atoms with Crippen molar-refractivity contribution in [2.75, 3.05) is 29.5 Å². The lowest BCUT2D eigenvalue weighted by atomic mass is 9.74. The first-order valence-electron chi connectivity index (χ1n) is 15.5. The molecule has 0 spiro atoms. The molecule has 3 aromatic heterocycles. The summed E-state index contributed by atoms with van der Waals surface area (Å²) >= 11 is 0. The lowest BCUT2D eigenvalue weighted by molar-refractivity contribution is -0.137. The van der Waals surface area contributed by atoms with E-state index in [1.54, 1.807) is 13.1 Å². The molecule has 1 saturated heterocycles. The highest BCUT2D eigenvalue weighted by Crippen LogP contribution is 2.37. The second kappa shape index (κ2) is 14.3. The van der Waals surface area contributed by atoms with E-state index in [2.05, 4.69) is 25.9 Å². The Morgan fingerprint density at radius 2 is 1.61 bits per heavy atom. The van der Waals surface area contributed by atoms with Gasteiger partial charge in [0.2, 0.25) is 5.88 Å². The maximum Gasteiger partial charge on any atom is 0.426 e. The van der Waals surface area contributed by atoms with E-state index in [9.17, 15) is 13.2 Å². The van der Waals surface area contributed by atoms with Gasteiger partial charge < -0.3 is 28.3 Å². The zero-order valence-corrected chi connectivity index (χ0v) is 26.8. The predicted octanol–water partition coefficient (Wildman–Crippen LogP) is 6.27. The van der Waals surface area contributed by atoms with Gasteiger partial charge in [0.05, 0.1) is 29.5 Å². The quantitative estimate of drug-likeness (QED) is 0.235. The van der Waals surface area contributed by atoms with Gasteiger partial charge >= 0.3 is 27.5 Å². The number of hydrogen-bond donors (Lipinski definition) is 0. The average molecular weight is 634 g/mol. The lowest BCUT2D eigenvalue weighted by Crippen LogP contribution is -2.44. The first kappa shape index (κ1) is 33.5. The highest BCUT2D eigenvalue weighted by molar-refractivity contribution is 6.72. The third-order valence-electron chi connectivity index (χ3n) is 7.50. The van der Waals surface area contributed by atoms with Crippen LogP contribution < -0.4 is 14.5 Å². The van der Waals surface area contributed by atoms with Crippen LogP contribution in [0.5, 0.6) is 5.88 Å². The van der Waals surface area contributed by atoms with Crippen LogP contribution in [0.4, 0.5) is 30.4 Å². The zero-order valence-electron chi connectivity index (χ0n) is 26.8. The summed E-state index contributed by atoms with van der Waals surface area (Å²) in [4.78, 5) is 22.1. The maximum absolute atomic E-state index is 13.4. The van der Waals surface area contributed by atoms with Gasteiger partial charge in [-0.05, 0) is 69.4 Å². The SMILES string of the molecule is CB1OB(C)OB(C)O1.CC.Cc1nc(N2CCc3ncc(N4CCOc5ncccc54)cc3C2)c2cc(C(F)(F)F)ccc2n1. The summed E-state index contributed by atoms with van der Waals surface area (Å²) in [6.45, 7) is 13.6. The molecule has 0 atom stereocenters. The fourth-order valence-corrected chi connectivity index (χ4v) is 5.61. The van der Waals surface area contributed by atoms with E-state index in [-0.39, 0.29) is 21.4 Å². The zero-order chi connectivity index (χ0) is 33.0. The minimum Gasteiger partial charge on any atom is -0.474 e. The van der Waals surface area contributed by atoms with Gasteiger partial charge in [-0.3, -0.25) is 4.98 Å². The van der Waals surface area contributed by atoms with Crippen molar-refractivity contribution in [2.24, 2.45) is 0 Å². The summed E-state index contributed by atoms with van der Waals surface area (Å²) in [5, 5.41) is 0.395. The molecule has 0 amide bonds. The van der Waals surface area contributed by atoms with Crippen LogP contribution in [0.25, 0.3) is 10.9 Å². The molecule has 46 heavy (non-hydrogen) atoms. The van der Waals surface area contributed by atoms with E-state index in [4.69, 9.17) is 23.4 Å². The number of alkyl halides is 3. The van der Waals surface area contributed by atoms with Gasteiger partial charge in [-0.1, -0.05) is 13.8 Å². The predicted molar refractivity (Wildman–Crippen MR) is 174 cm³/mol. The van der Waals surface area contributed by atoms with Crippen molar-refractivity contribution in [3.63, 3.8) is 0 Å². The minimum absolute atomic E-state index is 0.135. The van der Waals surface area contributed by atoms with Crippen molar-refractivity contribution < 1.29 is 31.6 Å². The second-order valence-electron chi connectivity index (χ2n) is 10.7. The Morgan fingerprint density at radius 3 is 2.30 bits per heavy atom. The molecule has 1 aromatic carbocycles. The minimum atomic E-state index is -4.44. The van der Waals surface area contributed by atoms with Crippen LogP contribution in [-0.2, 0) is 32.9 Å². The summed E-state index contributed by atoms with van der Waals surface area (Å²) in [6.07, 6.45) is -0.215. The third-order valence-corrected chi connectivity index (χ3v) is 7.50. The van der Waals surface area contributed by atoms with Crippen molar-refractivity contribution in [1.82, 2.24) is 19.9 Å². The molecule has 10 nitrogen and oxygen atoms in total. The van der Waals surface area contributed by atoms with E-state index >= 15 is 0 Å². The van der Waals surface area contributed by atoms with Crippen molar-refractivity contribution in [3.8, 4) is 5.88 Å². The summed E-state index contributed by atoms with van der Waals surface area (Å²) in [6, 6.07) is 9.54. The smallest absolute Gasteiger partial charge is 0.426 e. The molecule has 0 saturated carbocycles. The Hall–Kier alpha value is -3.88. The van der Waals surface area contributed by atoms with Gasteiger partial charge in [0, 0.05) is 36.8 Å². The van der Waals surface area contributed by atoms with Crippen LogP contribution in [0, 0.1) is 6.92 Å². The number of rotatable bonds is 2. The molecule has 1 fully saturated rings. The van der Waals surface area contributed by atoms with E-state index in [0.717, 1.165) is 34.8 Å². The van der Waals surface area contributed by atoms with E-state index in [1.807, 2.05) is 57.5 Å². The Labute approximate surface area is 268 Å². The number of benzene rings is 1. The van der Waals surface area contributed by atoms with Gasteiger partial charge in [0.15, 0.2) is 0 Å². The van der Waals surface area contributed by atoms with Crippen LogP contribution in [0.1, 0.15) is 36.5 Å². The summed E-state index contributed by atoms with van der Waals surface area (Å²) in [5.74, 6) is 1.61. The van der Waals surface area contributed by atoms with Crippen LogP contribution in [-0.4, -0.2) is 61.0 Å². The highest BCUT2D eigenvalue weighted by atomic mass is 19.4. The lowest BCUT2D eigenvalue weighted by Gasteiger charge is -2.33. The molecule has 3 aliphatic heterocycles. The number of aryl methyl sites for hydroxylation is 1. The molecule has 16 heteroatoms. The van der Waals surface area contributed by atoms with E-state index in [0.29, 0.717) is 61.1 Å². The van der Waals surface area contributed by atoms with Gasteiger partial charge in [-0.2, -0.15) is 13.2 Å². The molecular formula is C30H36B3F3N6O4. The highest BCUT2D eigenvalue weighted by Gasteiger charge is 2.33. The average Bonchev–Trinajstić information content (AvgIpc) is 3.03. The number of aromatic nitrogens is 4. The largest absolute Gasteiger partial charge is 0.474 e. The second-order valence-corrected chi connectivity index (χ2v) is 10.7. The first-order chi connectivity index (χ1) is 22.0. The molecule has 240 valence electrons. The van der Waals surface area contributed by atoms with Crippen LogP contribution in [0.15, 0.2) is 48.8 Å². The molecule has 0 unspecified atom stereocenters. The molecule has 0 N–H and O–H groups in total. The fourth-order valence-electron chi connectivity index (χ4n) is 5.61. The monoisotopic (exact) mass is 634 g/mol. The Balaban J connectivity index is 0.000000325. The molecule has 3 aliphatic rings. The number of anilines is 3. The van der Waals surface area contributed by atoms with Crippen LogP contribution in [0.2, 0.25) is 20.5 Å². The van der Waals surface area contributed by atoms with Gasteiger partial charge in [-0.25, -0.2) is 15.0 Å². The molecule has 0 bridgehead atoms. The molecule has 0 radical (unpaired) electrons. The van der Waals surface area contributed by atoms with Crippen molar-refractivity contribution in [1.29, 1.82) is 0 Å². The number of hydrogen-bond acceptors (Lipinski definition) is 10. The number of pyridine rings is 2. The van der Waals surface area contributed by atoms with Crippen molar-refractivity contribution >= 4 is 49.5 Å². The summed E-state index contributed by atoms with van der Waals surface area (Å²) < 4.78 is 61.2. The Bertz CT molecular complexity index is 1650. The summed E-state index contributed by atoms with van der Waals surface area (Å²) in [5.41, 5.74) is 3.59. The van der Waals surface area contributed by atoms with Crippen molar-refractivity contribution in [2.45, 2.75) is 60.4 Å². The normalized spacial score (nSPS) is 16.1. The van der Waals surface area contributed by atoms with Crippen LogP contribution >= 0.6 is 0 Å². The number of ether oxygens (including phenoxy) is 1.